The van der Waals surface area contributed by atoms with E-state index in [-0.39, 0.29) is 11.4 Å². The smallest absolute Gasteiger partial charge is 0.224 e. The zero-order valence-electron chi connectivity index (χ0n) is 10.2. The van der Waals surface area contributed by atoms with Gasteiger partial charge in [0.15, 0.2) is 0 Å². The van der Waals surface area contributed by atoms with E-state index in [1.807, 2.05) is 19.2 Å². The summed E-state index contributed by atoms with van der Waals surface area (Å²) in [6.07, 6.45) is 7.07. The van der Waals surface area contributed by atoms with Crippen LogP contribution in [0, 0.1) is 0 Å². The molecule has 17 heavy (non-hydrogen) atoms. The minimum absolute atomic E-state index is 0.121. The number of rotatable bonds is 4. The molecular formula is C13H19N3O. The summed E-state index contributed by atoms with van der Waals surface area (Å²) in [6.45, 7) is 0.600. The first-order valence-corrected chi connectivity index (χ1v) is 6.01. The Hall–Kier alpha value is -1.42. The molecule has 2 N–H and O–H groups in total. The van der Waals surface area contributed by atoms with Crippen molar-refractivity contribution in [3.05, 3.63) is 30.1 Å². The average molecular weight is 233 g/mol. The van der Waals surface area contributed by atoms with E-state index in [2.05, 4.69) is 4.98 Å². The van der Waals surface area contributed by atoms with E-state index < -0.39 is 0 Å². The summed E-state index contributed by atoms with van der Waals surface area (Å²) in [5.41, 5.74) is 6.88. The van der Waals surface area contributed by atoms with Crippen LogP contribution in [0.4, 0.5) is 0 Å². The minimum atomic E-state index is -0.236. The lowest BCUT2D eigenvalue weighted by molar-refractivity contribution is -0.132. The highest BCUT2D eigenvalue weighted by Crippen LogP contribution is 2.32. The van der Waals surface area contributed by atoms with E-state index in [9.17, 15) is 4.79 Å². The molecule has 1 aromatic rings. The second-order valence-corrected chi connectivity index (χ2v) is 5.00. The molecule has 0 atom stereocenters. The predicted octanol–water partition coefficient (Wildman–Crippen LogP) is 1.31. The molecule has 1 aliphatic rings. The highest BCUT2D eigenvalue weighted by Gasteiger charge is 2.35. The van der Waals surface area contributed by atoms with E-state index in [0.717, 1.165) is 24.8 Å². The van der Waals surface area contributed by atoms with E-state index >= 15 is 0 Å². The van der Waals surface area contributed by atoms with Crippen LogP contribution in [0.25, 0.3) is 0 Å². The topological polar surface area (TPSA) is 59.2 Å². The lowest BCUT2D eigenvalue weighted by atomic mass is 9.75. The van der Waals surface area contributed by atoms with Crippen LogP contribution in [0.1, 0.15) is 31.2 Å². The van der Waals surface area contributed by atoms with Crippen molar-refractivity contribution in [2.45, 2.75) is 37.8 Å². The van der Waals surface area contributed by atoms with Gasteiger partial charge in [-0.25, -0.2) is 0 Å². The summed E-state index contributed by atoms with van der Waals surface area (Å²) in [7, 11) is 1.82. The van der Waals surface area contributed by atoms with Crippen LogP contribution in [0.15, 0.2) is 24.5 Å². The second-order valence-electron chi connectivity index (χ2n) is 5.00. The number of pyridine rings is 1. The predicted molar refractivity (Wildman–Crippen MR) is 66.1 cm³/mol. The second kappa shape index (κ2) is 4.84. The lowest BCUT2D eigenvalue weighted by Gasteiger charge is -2.38. The van der Waals surface area contributed by atoms with Crippen molar-refractivity contribution < 1.29 is 4.79 Å². The fraction of sp³-hybridized carbons (Fsp3) is 0.538. The first-order valence-electron chi connectivity index (χ1n) is 6.01. The third kappa shape index (κ3) is 3.03. The van der Waals surface area contributed by atoms with Crippen LogP contribution in [-0.4, -0.2) is 28.4 Å². The largest absolute Gasteiger partial charge is 0.341 e. The Kier molecular flexibility index (Phi) is 3.43. The number of amides is 1. The number of hydrogen-bond donors (Lipinski definition) is 1. The maximum absolute atomic E-state index is 12.0. The van der Waals surface area contributed by atoms with Gasteiger partial charge in [0.2, 0.25) is 5.91 Å². The molecule has 1 heterocycles. The molecule has 1 saturated carbocycles. The van der Waals surface area contributed by atoms with Gasteiger partial charge in [-0.2, -0.15) is 0 Å². The Morgan fingerprint density at radius 2 is 2.35 bits per heavy atom. The number of carbonyl (C=O) groups is 1. The Labute approximate surface area is 102 Å². The average Bonchev–Trinajstić information content (AvgIpc) is 2.28. The molecule has 1 aromatic heterocycles. The highest BCUT2D eigenvalue weighted by molar-refractivity contribution is 5.77. The summed E-state index contributed by atoms with van der Waals surface area (Å²) in [5, 5.41) is 0. The van der Waals surface area contributed by atoms with Crippen LogP contribution in [0.2, 0.25) is 0 Å². The molecule has 0 saturated heterocycles. The molecule has 0 radical (unpaired) electrons. The summed E-state index contributed by atoms with van der Waals surface area (Å²) in [5.74, 6) is 0.121. The minimum Gasteiger partial charge on any atom is -0.341 e. The summed E-state index contributed by atoms with van der Waals surface area (Å²) >= 11 is 0. The van der Waals surface area contributed by atoms with Gasteiger partial charge < -0.3 is 10.6 Å². The van der Waals surface area contributed by atoms with Crippen LogP contribution in [0.5, 0.6) is 0 Å². The number of nitrogens with two attached hydrogens (primary N) is 1. The van der Waals surface area contributed by atoms with Crippen LogP contribution >= 0.6 is 0 Å². The molecule has 1 aliphatic carbocycles. The van der Waals surface area contributed by atoms with Gasteiger partial charge in [0.1, 0.15) is 0 Å². The maximum atomic E-state index is 12.0. The number of aromatic nitrogens is 1. The van der Waals surface area contributed by atoms with E-state index in [1.165, 1.54) is 0 Å². The van der Waals surface area contributed by atoms with Crippen molar-refractivity contribution in [2.24, 2.45) is 5.73 Å². The fourth-order valence-corrected chi connectivity index (χ4v) is 2.10. The maximum Gasteiger partial charge on any atom is 0.224 e. The molecule has 0 aliphatic heterocycles. The van der Waals surface area contributed by atoms with Gasteiger partial charge in [-0.3, -0.25) is 9.78 Å². The van der Waals surface area contributed by atoms with E-state index in [4.69, 9.17) is 5.73 Å². The monoisotopic (exact) mass is 233 g/mol. The molecule has 2 rings (SSSR count). The quantitative estimate of drug-likeness (QED) is 0.853. The molecule has 0 spiro atoms. The first-order chi connectivity index (χ1) is 8.09. The van der Waals surface area contributed by atoms with Crippen molar-refractivity contribution in [2.75, 3.05) is 7.05 Å². The Bertz CT molecular complexity index is 387. The molecule has 0 aromatic carbocycles. The zero-order valence-corrected chi connectivity index (χ0v) is 10.2. The van der Waals surface area contributed by atoms with Crippen LogP contribution in [0.3, 0.4) is 0 Å². The molecule has 0 bridgehead atoms. The number of carbonyl (C=O) groups excluding carboxylic acids is 1. The normalized spacial score (nSPS) is 17.3. The molecule has 92 valence electrons. The standard InChI is InChI=1S/C13H19N3O/c1-16(10-11-4-2-7-15-9-11)12(17)8-13(14)5-3-6-13/h2,4,7,9H,3,5-6,8,10,14H2,1H3. The van der Waals surface area contributed by atoms with Crippen molar-refractivity contribution in [1.82, 2.24) is 9.88 Å². The summed E-state index contributed by atoms with van der Waals surface area (Å²) in [6, 6.07) is 3.85. The Morgan fingerprint density at radius 3 is 2.88 bits per heavy atom. The third-order valence-electron chi connectivity index (χ3n) is 3.42. The summed E-state index contributed by atoms with van der Waals surface area (Å²) in [4.78, 5) is 17.7. The molecule has 4 nitrogen and oxygen atoms in total. The number of nitrogens with zero attached hydrogens (tertiary/aromatic N) is 2. The van der Waals surface area contributed by atoms with Gasteiger partial charge in [-0.15, -0.1) is 0 Å². The van der Waals surface area contributed by atoms with Gasteiger partial charge in [0.25, 0.3) is 0 Å². The van der Waals surface area contributed by atoms with Gasteiger partial charge in [-0.05, 0) is 30.9 Å². The zero-order chi connectivity index (χ0) is 12.3. The van der Waals surface area contributed by atoms with Gasteiger partial charge in [-0.1, -0.05) is 6.07 Å². The highest BCUT2D eigenvalue weighted by atomic mass is 16.2. The SMILES string of the molecule is CN(Cc1cccnc1)C(=O)CC1(N)CCC1. The molecule has 4 heteroatoms. The van der Waals surface area contributed by atoms with Crippen molar-refractivity contribution >= 4 is 5.91 Å². The van der Waals surface area contributed by atoms with E-state index in [1.54, 1.807) is 17.3 Å². The Balaban J connectivity index is 1.87. The first kappa shape index (κ1) is 12.0. The van der Waals surface area contributed by atoms with E-state index in [0.29, 0.717) is 13.0 Å². The molecule has 1 amide bonds. The Morgan fingerprint density at radius 1 is 1.59 bits per heavy atom. The van der Waals surface area contributed by atoms with Crippen molar-refractivity contribution in [3.8, 4) is 0 Å². The molecule has 1 fully saturated rings. The van der Waals surface area contributed by atoms with Crippen molar-refractivity contribution in [1.29, 1.82) is 0 Å². The van der Waals surface area contributed by atoms with Gasteiger partial charge in [0.05, 0.1) is 0 Å². The molecule has 0 unspecified atom stereocenters. The third-order valence-corrected chi connectivity index (χ3v) is 3.42. The van der Waals surface area contributed by atoms with Gasteiger partial charge in [0, 0.05) is 37.9 Å². The molecular weight excluding hydrogens is 214 g/mol. The van der Waals surface area contributed by atoms with Gasteiger partial charge >= 0.3 is 0 Å². The number of hydrogen-bond acceptors (Lipinski definition) is 3. The van der Waals surface area contributed by atoms with Crippen molar-refractivity contribution in [3.63, 3.8) is 0 Å². The fourth-order valence-electron chi connectivity index (χ4n) is 2.10. The lowest BCUT2D eigenvalue weighted by Crippen LogP contribution is -2.50. The van der Waals surface area contributed by atoms with Crippen LogP contribution in [-0.2, 0) is 11.3 Å². The summed E-state index contributed by atoms with van der Waals surface area (Å²) < 4.78 is 0. The van der Waals surface area contributed by atoms with Crippen LogP contribution < -0.4 is 5.73 Å².